The molecule has 0 spiro atoms. The molecule has 8 heteroatoms. The molecule has 1 N–H and O–H groups in total. The number of hydrogen-bond acceptors (Lipinski definition) is 5. The molecule has 0 radical (unpaired) electrons. The second kappa shape index (κ2) is 5.44. The summed E-state index contributed by atoms with van der Waals surface area (Å²) in [5, 5.41) is 3.12. The van der Waals surface area contributed by atoms with Crippen LogP contribution in [0.1, 0.15) is 6.42 Å². The Morgan fingerprint density at radius 2 is 1.65 bits per heavy atom. The van der Waals surface area contributed by atoms with E-state index in [0.29, 0.717) is 6.54 Å². The lowest BCUT2D eigenvalue weighted by atomic mass is 10.3. The summed E-state index contributed by atoms with van der Waals surface area (Å²) in [5.41, 5.74) is 0. The predicted octanol–water partition coefficient (Wildman–Crippen LogP) is 0.0725. The van der Waals surface area contributed by atoms with E-state index in [1.165, 1.54) is 28.6 Å². The number of sulfone groups is 1. The molecular formula is C12H18N2O4S2. The maximum absolute atomic E-state index is 12.4. The molecule has 2 rings (SSSR count). The highest BCUT2D eigenvalue weighted by Crippen LogP contribution is 2.20. The molecule has 1 heterocycles. The zero-order valence-electron chi connectivity index (χ0n) is 11.4. The van der Waals surface area contributed by atoms with E-state index >= 15 is 0 Å². The maximum atomic E-state index is 12.4. The Bertz CT molecular complexity index is 675. The number of sulfonamides is 1. The van der Waals surface area contributed by atoms with Gasteiger partial charge in [-0.1, -0.05) is 0 Å². The molecule has 6 nitrogen and oxygen atoms in total. The molecule has 1 fully saturated rings. The third kappa shape index (κ3) is 3.03. The van der Waals surface area contributed by atoms with Crippen LogP contribution in [0.4, 0.5) is 0 Å². The van der Waals surface area contributed by atoms with Crippen LogP contribution in [0.3, 0.4) is 0 Å². The second-order valence-corrected chi connectivity index (χ2v) is 8.92. The van der Waals surface area contributed by atoms with Gasteiger partial charge in [0.25, 0.3) is 0 Å². The van der Waals surface area contributed by atoms with E-state index in [1.54, 1.807) is 7.05 Å². The third-order valence-corrected chi connectivity index (χ3v) is 6.53. The average Bonchev–Trinajstić information content (AvgIpc) is 2.90. The fraction of sp³-hybridized carbons (Fsp3) is 0.500. The number of likely N-dealkylation sites (N-methyl/N-ethyl adjacent to an activating group) is 1. The fourth-order valence-electron chi connectivity index (χ4n) is 2.17. The Morgan fingerprint density at radius 1 is 1.10 bits per heavy atom. The van der Waals surface area contributed by atoms with Crippen molar-refractivity contribution in [2.24, 2.45) is 0 Å². The van der Waals surface area contributed by atoms with Crippen LogP contribution < -0.4 is 5.32 Å². The van der Waals surface area contributed by atoms with Gasteiger partial charge in [-0.3, -0.25) is 0 Å². The van der Waals surface area contributed by atoms with Crippen LogP contribution >= 0.6 is 0 Å². The molecular weight excluding hydrogens is 300 g/mol. The van der Waals surface area contributed by atoms with Crippen LogP contribution in [-0.4, -0.2) is 53.6 Å². The van der Waals surface area contributed by atoms with Crippen molar-refractivity contribution in [1.82, 2.24) is 9.62 Å². The molecule has 0 bridgehead atoms. The van der Waals surface area contributed by atoms with Crippen molar-refractivity contribution >= 4 is 19.9 Å². The molecule has 1 unspecified atom stereocenters. The molecule has 112 valence electrons. The van der Waals surface area contributed by atoms with Gasteiger partial charge in [-0.15, -0.1) is 0 Å². The van der Waals surface area contributed by atoms with Gasteiger partial charge in [-0.2, -0.15) is 4.31 Å². The first-order valence-electron chi connectivity index (χ1n) is 6.22. The highest BCUT2D eigenvalue weighted by Gasteiger charge is 2.29. The normalized spacial score (nSPS) is 20.4. The average molecular weight is 318 g/mol. The van der Waals surface area contributed by atoms with Crippen LogP contribution in [-0.2, 0) is 19.9 Å². The Labute approximate surface area is 119 Å². The lowest BCUT2D eigenvalue weighted by molar-refractivity contribution is 0.387. The van der Waals surface area contributed by atoms with Crippen LogP contribution in [0.5, 0.6) is 0 Å². The number of benzene rings is 1. The zero-order chi connectivity index (χ0) is 15.0. The summed E-state index contributed by atoms with van der Waals surface area (Å²) in [4.78, 5) is 0.223. The van der Waals surface area contributed by atoms with Crippen molar-refractivity contribution < 1.29 is 16.8 Å². The summed E-state index contributed by atoms with van der Waals surface area (Å²) in [5.74, 6) is 0. The largest absolute Gasteiger partial charge is 0.315 e. The van der Waals surface area contributed by atoms with E-state index in [-0.39, 0.29) is 15.8 Å². The molecule has 20 heavy (non-hydrogen) atoms. The highest BCUT2D eigenvalue weighted by atomic mass is 32.2. The van der Waals surface area contributed by atoms with Gasteiger partial charge in [0.05, 0.1) is 9.79 Å². The molecule has 0 amide bonds. The first-order valence-corrected chi connectivity index (χ1v) is 9.55. The Hall–Kier alpha value is -0.960. The molecule has 0 aromatic heterocycles. The minimum Gasteiger partial charge on any atom is -0.315 e. The molecule has 1 aliphatic heterocycles. The number of nitrogens with one attached hydrogen (secondary N) is 1. The summed E-state index contributed by atoms with van der Waals surface area (Å²) < 4.78 is 48.9. The Balaban J connectivity index is 2.30. The van der Waals surface area contributed by atoms with Crippen molar-refractivity contribution in [3.05, 3.63) is 24.3 Å². The predicted molar refractivity (Wildman–Crippen MR) is 75.8 cm³/mol. The van der Waals surface area contributed by atoms with Gasteiger partial charge in [0, 0.05) is 25.9 Å². The van der Waals surface area contributed by atoms with Crippen molar-refractivity contribution in [1.29, 1.82) is 0 Å². The lowest BCUT2D eigenvalue weighted by Gasteiger charge is -2.23. The van der Waals surface area contributed by atoms with E-state index in [0.717, 1.165) is 19.2 Å². The van der Waals surface area contributed by atoms with E-state index < -0.39 is 19.9 Å². The van der Waals surface area contributed by atoms with Crippen LogP contribution in [0.2, 0.25) is 0 Å². The fourth-order valence-corrected chi connectivity index (χ4v) is 4.19. The molecule has 1 aromatic rings. The van der Waals surface area contributed by atoms with Gasteiger partial charge in [-0.25, -0.2) is 16.8 Å². The number of hydrogen-bond donors (Lipinski definition) is 1. The molecule has 1 aliphatic rings. The van der Waals surface area contributed by atoms with Crippen LogP contribution in [0.25, 0.3) is 0 Å². The lowest BCUT2D eigenvalue weighted by Crippen LogP contribution is -2.38. The number of rotatable bonds is 4. The number of nitrogens with zero attached hydrogens (tertiary/aromatic N) is 1. The first-order chi connectivity index (χ1) is 9.23. The summed E-state index contributed by atoms with van der Waals surface area (Å²) in [6.45, 7) is 1.44. The summed E-state index contributed by atoms with van der Waals surface area (Å²) >= 11 is 0. The third-order valence-electron chi connectivity index (χ3n) is 3.48. The highest BCUT2D eigenvalue weighted by molar-refractivity contribution is 7.90. The van der Waals surface area contributed by atoms with Gasteiger partial charge in [0.2, 0.25) is 10.0 Å². The minimum atomic E-state index is -3.59. The Kier molecular flexibility index (Phi) is 4.19. The Morgan fingerprint density at radius 3 is 2.10 bits per heavy atom. The van der Waals surface area contributed by atoms with Gasteiger partial charge in [0.15, 0.2) is 9.84 Å². The molecule has 0 aliphatic carbocycles. The van der Waals surface area contributed by atoms with E-state index in [1.807, 2.05) is 0 Å². The van der Waals surface area contributed by atoms with Crippen molar-refractivity contribution in [3.63, 3.8) is 0 Å². The quantitative estimate of drug-likeness (QED) is 0.849. The van der Waals surface area contributed by atoms with Crippen LogP contribution in [0.15, 0.2) is 34.1 Å². The van der Waals surface area contributed by atoms with Gasteiger partial charge < -0.3 is 5.32 Å². The zero-order valence-corrected chi connectivity index (χ0v) is 13.0. The first kappa shape index (κ1) is 15.4. The van der Waals surface area contributed by atoms with Crippen LogP contribution in [0, 0.1) is 0 Å². The molecule has 1 aromatic carbocycles. The summed E-state index contributed by atoms with van der Waals surface area (Å²) in [6, 6.07) is 5.26. The monoisotopic (exact) mass is 318 g/mol. The topological polar surface area (TPSA) is 83.6 Å². The smallest absolute Gasteiger partial charge is 0.243 e. The van der Waals surface area contributed by atoms with Crippen molar-refractivity contribution in [2.45, 2.75) is 22.3 Å². The SMILES string of the molecule is CN(C1CCNC1)S(=O)(=O)c1ccc(S(C)(=O)=O)cc1. The van der Waals surface area contributed by atoms with E-state index in [4.69, 9.17) is 0 Å². The van der Waals surface area contributed by atoms with E-state index in [9.17, 15) is 16.8 Å². The summed E-state index contributed by atoms with van der Waals surface area (Å²) in [6.07, 6.45) is 1.87. The molecule has 0 saturated carbocycles. The second-order valence-electron chi connectivity index (χ2n) is 4.91. The van der Waals surface area contributed by atoms with Gasteiger partial charge in [0.1, 0.15) is 0 Å². The van der Waals surface area contributed by atoms with Crippen molar-refractivity contribution in [3.8, 4) is 0 Å². The van der Waals surface area contributed by atoms with Crippen molar-refractivity contribution in [2.75, 3.05) is 26.4 Å². The molecule has 1 saturated heterocycles. The van der Waals surface area contributed by atoms with E-state index in [2.05, 4.69) is 5.32 Å². The maximum Gasteiger partial charge on any atom is 0.243 e. The minimum absolute atomic E-state index is 0.0606. The van der Waals surface area contributed by atoms with Gasteiger partial charge in [-0.05, 0) is 37.2 Å². The molecule has 1 atom stereocenters. The van der Waals surface area contributed by atoms with Gasteiger partial charge >= 0.3 is 0 Å². The standard InChI is InChI=1S/C12H18N2O4S2/c1-14(10-7-8-13-9-10)20(17,18)12-5-3-11(4-6-12)19(2,15)16/h3-6,10,13H,7-9H2,1-2H3. The summed E-state index contributed by atoms with van der Waals surface area (Å²) in [7, 11) is -5.35.